The van der Waals surface area contributed by atoms with Gasteiger partial charge < -0.3 is 11.1 Å². The molecule has 0 saturated carbocycles. The number of nitrogens with zero attached hydrogens (tertiary/aromatic N) is 1. The Morgan fingerprint density at radius 3 is 3.05 bits per heavy atom. The number of benzene rings is 1. The summed E-state index contributed by atoms with van der Waals surface area (Å²) in [6, 6.07) is 7.59. The second-order valence-electron chi connectivity index (χ2n) is 4.40. The number of thiazole rings is 1. The van der Waals surface area contributed by atoms with E-state index < -0.39 is 0 Å². The molecule has 5 heteroatoms. The van der Waals surface area contributed by atoms with E-state index in [4.69, 9.17) is 5.73 Å². The highest BCUT2D eigenvalue weighted by molar-refractivity contribution is 7.09. The maximum Gasteiger partial charge on any atom is 0.220 e. The fraction of sp³-hybridized carbons (Fsp3) is 0.286. The van der Waals surface area contributed by atoms with Crippen LogP contribution in [-0.4, -0.2) is 10.9 Å². The molecule has 19 heavy (non-hydrogen) atoms. The monoisotopic (exact) mass is 275 g/mol. The van der Waals surface area contributed by atoms with Crippen LogP contribution >= 0.6 is 11.3 Å². The van der Waals surface area contributed by atoms with Gasteiger partial charge in [0, 0.05) is 23.7 Å². The third-order valence-electron chi connectivity index (χ3n) is 2.79. The Balaban J connectivity index is 1.82. The summed E-state index contributed by atoms with van der Waals surface area (Å²) in [5, 5.41) is 5.78. The number of hydrogen-bond donors (Lipinski definition) is 2. The summed E-state index contributed by atoms with van der Waals surface area (Å²) in [7, 11) is 0. The van der Waals surface area contributed by atoms with Crippen molar-refractivity contribution < 1.29 is 4.79 Å². The van der Waals surface area contributed by atoms with Crippen LogP contribution in [0.5, 0.6) is 0 Å². The first kappa shape index (κ1) is 13.5. The van der Waals surface area contributed by atoms with Crippen molar-refractivity contribution in [1.82, 2.24) is 10.3 Å². The van der Waals surface area contributed by atoms with Crippen molar-refractivity contribution >= 4 is 22.9 Å². The zero-order valence-corrected chi connectivity index (χ0v) is 11.6. The van der Waals surface area contributed by atoms with Crippen LogP contribution in [0.15, 0.2) is 35.8 Å². The van der Waals surface area contributed by atoms with E-state index in [9.17, 15) is 4.79 Å². The molecule has 0 aliphatic rings. The topological polar surface area (TPSA) is 68.0 Å². The Bertz CT molecular complexity index is 539. The van der Waals surface area contributed by atoms with E-state index in [0.717, 1.165) is 16.3 Å². The number of aromatic nitrogens is 1. The van der Waals surface area contributed by atoms with Crippen molar-refractivity contribution in [3.8, 4) is 0 Å². The maximum atomic E-state index is 11.8. The summed E-state index contributed by atoms with van der Waals surface area (Å²) in [5.41, 5.74) is 7.51. The molecule has 1 atom stereocenters. The van der Waals surface area contributed by atoms with Crippen molar-refractivity contribution in [1.29, 1.82) is 0 Å². The molecule has 4 nitrogen and oxygen atoms in total. The van der Waals surface area contributed by atoms with Crippen LogP contribution in [0.4, 0.5) is 5.69 Å². The van der Waals surface area contributed by atoms with Crippen molar-refractivity contribution in [2.24, 2.45) is 0 Å². The molecule has 1 amide bonds. The third-order valence-corrected chi connectivity index (χ3v) is 3.75. The number of hydrogen-bond acceptors (Lipinski definition) is 4. The highest BCUT2D eigenvalue weighted by Gasteiger charge is 2.11. The molecule has 100 valence electrons. The van der Waals surface area contributed by atoms with Gasteiger partial charge in [0.15, 0.2) is 0 Å². The summed E-state index contributed by atoms with van der Waals surface area (Å²) in [6.07, 6.45) is 2.90. The normalized spacial score (nSPS) is 12.1. The summed E-state index contributed by atoms with van der Waals surface area (Å²) >= 11 is 1.55. The van der Waals surface area contributed by atoms with E-state index in [1.165, 1.54) is 0 Å². The smallest absolute Gasteiger partial charge is 0.220 e. The standard InChI is InChI=1S/C14H17N3OS/c1-10(14-16-7-8-19-14)17-13(18)6-5-11-3-2-4-12(15)9-11/h2-4,7-10H,5-6,15H2,1H3,(H,17,18). The average molecular weight is 275 g/mol. The van der Waals surface area contributed by atoms with Crippen LogP contribution < -0.4 is 11.1 Å². The van der Waals surface area contributed by atoms with Gasteiger partial charge in [0.2, 0.25) is 5.91 Å². The van der Waals surface area contributed by atoms with Crippen molar-refractivity contribution in [3.63, 3.8) is 0 Å². The highest BCUT2D eigenvalue weighted by atomic mass is 32.1. The van der Waals surface area contributed by atoms with Crippen LogP contribution in [0.2, 0.25) is 0 Å². The Labute approximate surface area is 116 Å². The average Bonchev–Trinajstić information content (AvgIpc) is 2.90. The van der Waals surface area contributed by atoms with Crippen LogP contribution in [-0.2, 0) is 11.2 Å². The minimum absolute atomic E-state index is 0.0325. The second kappa shape index (κ2) is 6.33. The number of nitrogens with two attached hydrogens (primary N) is 1. The molecule has 3 N–H and O–H groups in total. The molecule has 0 aliphatic heterocycles. The van der Waals surface area contributed by atoms with Gasteiger partial charge in [0.1, 0.15) is 5.01 Å². The lowest BCUT2D eigenvalue weighted by Gasteiger charge is -2.11. The lowest BCUT2D eigenvalue weighted by atomic mass is 10.1. The number of rotatable bonds is 5. The number of nitrogens with one attached hydrogen (secondary N) is 1. The number of anilines is 1. The van der Waals surface area contributed by atoms with Crippen molar-refractivity contribution in [2.75, 3.05) is 5.73 Å². The van der Waals surface area contributed by atoms with Gasteiger partial charge in [-0.3, -0.25) is 4.79 Å². The van der Waals surface area contributed by atoms with E-state index >= 15 is 0 Å². The molecule has 1 unspecified atom stereocenters. The molecule has 0 fully saturated rings. The molecule has 2 aromatic rings. The first-order valence-electron chi connectivity index (χ1n) is 6.18. The van der Waals surface area contributed by atoms with E-state index in [0.29, 0.717) is 12.8 Å². The van der Waals surface area contributed by atoms with Crippen LogP contribution in [0, 0.1) is 0 Å². The molecule has 2 rings (SSSR count). The molecule has 1 aromatic carbocycles. The molecule has 0 aliphatic carbocycles. The zero-order chi connectivity index (χ0) is 13.7. The van der Waals surface area contributed by atoms with Crippen molar-refractivity contribution in [2.45, 2.75) is 25.8 Å². The lowest BCUT2D eigenvalue weighted by Crippen LogP contribution is -2.26. The number of carbonyl (C=O) groups excluding carboxylic acids is 1. The first-order valence-corrected chi connectivity index (χ1v) is 7.06. The van der Waals surface area contributed by atoms with Crippen LogP contribution in [0.25, 0.3) is 0 Å². The largest absolute Gasteiger partial charge is 0.399 e. The summed E-state index contributed by atoms with van der Waals surface area (Å²) in [6.45, 7) is 1.94. The van der Waals surface area contributed by atoms with E-state index in [2.05, 4.69) is 10.3 Å². The predicted molar refractivity (Wildman–Crippen MR) is 77.8 cm³/mol. The van der Waals surface area contributed by atoms with Gasteiger partial charge >= 0.3 is 0 Å². The van der Waals surface area contributed by atoms with E-state index in [1.807, 2.05) is 36.6 Å². The van der Waals surface area contributed by atoms with Gasteiger partial charge in [0.05, 0.1) is 6.04 Å². The quantitative estimate of drug-likeness (QED) is 0.824. The SMILES string of the molecule is CC(NC(=O)CCc1cccc(N)c1)c1nccs1. The number of aryl methyl sites for hydroxylation is 1. The van der Waals surface area contributed by atoms with Gasteiger partial charge in [-0.2, -0.15) is 0 Å². The summed E-state index contributed by atoms with van der Waals surface area (Å²) in [5.74, 6) is 0.0325. The molecule has 0 saturated heterocycles. The summed E-state index contributed by atoms with van der Waals surface area (Å²) in [4.78, 5) is 16.0. The van der Waals surface area contributed by atoms with Gasteiger partial charge in [-0.15, -0.1) is 11.3 Å². The molecular formula is C14H17N3OS. The molecule has 1 aromatic heterocycles. The predicted octanol–water partition coefficient (Wildman–Crippen LogP) is 2.54. The fourth-order valence-electron chi connectivity index (χ4n) is 1.83. The summed E-state index contributed by atoms with van der Waals surface area (Å²) < 4.78 is 0. The fourth-order valence-corrected chi connectivity index (χ4v) is 2.48. The second-order valence-corrected chi connectivity index (χ2v) is 5.33. The van der Waals surface area contributed by atoms with Gasteiger partial charge in [0.25, 0.3) is 0 Å². The number of amides is 1. The highest BCUT2D eigenvalue weighted by Crippen LogP contribution is 2.15. The van der Waals surface area contributed by atoms with Gasteiger partial charge in [-0.05, 0) is 31.0 Å². The minimum atomic E-state index is -0.0339. The Morgan fingerprint density at radius 1 is 1.53 bits per heavy atom. The maximum absolute atomic E-state index is 11.8. The van der Waals surface area contributed by atoms with Crippen molar-refractivity contribution in [3.05, 3.63) is 46.4 Å². The zero-order valence-electron chi connectivity index (χ0n) is 10.8. The molecule has 0 radical (unpaired) electrons. The van der Waals surface area contributed by atoms with Gasteiger partial charge in [-0.1, -0.05) is 12.1 Å². The number of carbonyl (C=O) groups is 1. The van der Waals surface area contributed by atoms with Crippen LogP contribution in [0.1, 0.15) is 30.0 Å². The van der Waals surface area contributed by atoms with E-state index in [-0.39, 0.29) is 11.9 Å². The molecule has 0 bridgehead atoms. The number of nitrogen functional groups attached to an aromatic ring is 1. The van der Waals surface area contributed by atoms with E-state index in [1.54, 1.807) is 17.5 Å². The molecule has 1 heterocycles. The first-order chi connectivity index (χ1) is 9.15. The van der Waals surface area contributed by atoms with Crippen LogP contribution in [0.3, 0.4) is 0 Å². The lowest BCUT2D eigenvalue weighted by molar-refractivity contribution is -0.121. The van der Waals surface area contributed by atoms with Gasteiger partial charge in [-0.25, -0.2) is 4.98 Å². The molecular weight excluding hydrogens is 258 g/mol. The molecule has 0 spiro atoms. The Hall–Kier alpha value is -1.88. The Kier molecular flexibility index (Phi) is 4.52. The minimum Gasteiger partial charge on any atom is -0.399 e. The Morgan fingerprint density at radius 2 is 2.37 bits per heavy atom. The third kappa shape index (κ3) is 4.06.